The van der Waals surface area contributed by atoms with Crippen LogP contribution in [0.5, 0.6) is 0 Å². The number of hydrogen-bond donors (Lipinski definition) is 2. The van der Waals surface area contributed by atoms with E-state index in [0.717, 1.165) is 5.69 Å². The van der Waals surface area contributed by atoms with E-state index in [1.807, 2.05) is 35.0 Å². The van der Waals surface area contributed by atoms with Crippen molar-refractivity contribution < 1.29 is 4.79 Å². The van der Waals surface area contributed by atoms with Gasteiger partial charge in [-0.05, 0) is 43.0 Å². The fourth-order valence-electron chi connectivity index (χ4n) is 2.20. The van der Waals surface area contributed by atoms with E-state index in [-0.39, 0.29) is 11.9 Å². The lowest BCUT2D eigenvalue weighted by Gasteiger charge is -2.11. The molecule has 0 spiro atoms. The molecule has 1 aromatic carbocycles. The van der Waals surface area contributed by atoms with Gasteiger partial charge >= 0.3 is 0 Å². The summed E-state index contributed by atoms with van der Waals surface area (Å²) in [5, 5.41) is 2.89. The number of nitrogens with one attached hydrogen (secondary N) is 1. The molecule has 1 heterocycles. The molecule has 0 radical (unpaired) electrons. The largest absolute Gasteiger partial charge is 0.350 e. The van der Waals surface area contributed by atoms with Crippen LogP contribution in [0.4, 0.5) is 0 Å². The van der Waals surface area contributed by atoms with Crippen LogP contribution in [0.3, 0.4) is 0 Å². The maximum Gasteiger partial charge on any atom is 0.251 e. The van der Waals surface area contributed by atoms with E-state index in [1.54, 1.807) is 12.5 Å². The number of amides is 1. The van der Waals surface area contributed by atoms with Gasteiger partial charge in [-0.1, -0.05) is 0 Å². The van der Waals surface area contributed by atoms with E-state index >= 15 is 0 Å². The van der Waals surface area contributed by atoms with Crippen molar-refractivity contribution in [2.75, 3.05) is 6.54 Å². The SMILES string of the molecule is NC(CNC(=O)c1ccc(-n2ccnc2)cc1)C1CC1. The van der Waals surface area contributed by atoms with Crippen LogP contribution in [0.2, 0.25) is 0 Å². The number of nitrogens with two attached hydrogens (primary N) is 1. The highest BCUT2D eigenvalue weighted by Gasteiger charge is 2.28. The van der Waals surface area contributed by atoms with E-state index in [1.165, 1.54) is 12.8 Å². The highest BCUT2D eigenvalue weighted by molar-refractivity contribution is 5.94. The average Bonchev–Trinajstić information content (AvgIpc) is 3.19. The Kier molecular flexibility index (Phi) is 3.52. The van der Waals surface area contributed by atoms with E-state index in [9.17, 15) is 4.79 Å². The van der Waals surface area contributed by atoms with E-state index in [2.05, 4.69) is 10.3 Å². The molecule has 0 bridgehead atoms. The molecule has 1 unspecified atom stereocenters. The van der Waals surface area contributed by atoms with Gasteiger partial charge in [-0.25, -0.2) is 4.98 Å². The molecule has 1 fully saturated rings. The fraction of sp³-hybridized carbons (Fsp3) is 0.333. The van der Waals surface area contributed by atoms with Gasteiger partial charge in [0.25, 0.3) is 5.91 Å². The Morgan fingerprint density at radius 1 is 1.40 bits per heavy atom. The topological polar surface area (TPSA) is 72.9 Å². The summed E-state index contributed by atoms with van der Waals surface area (Å²) in [6, 6.07) is 7.51. The molecule has 104 valence electrons. The molecule has 5 heteroatoms. The first-order valence-electron chi connectivity index (χ1n) is 6.86. The first-order chi connectivity index (χ1) is 9.74. The zero-order valence-corrected chi connectivity index (χ0v) is 11.2. The molecule has 0 aliphatic heterocycles. The Hall–Kier alpha value is -2.14. The number of aromatic nitrogens is 2. The van der Waals surface area contributed by atoms with Crippen molar-refractivity contribution in [3.8, 4) is 5.69 Å². The number of benzene rings is 1. The van der Waals surface area contributed by atoms with Crippen molar-refractivity contribution >= 4 is 5.91 Å². The van der Waals surface area contributed by atoms with Crippen LogP contribution in [-0.2, 0) is 0 Å². The third kappa shape index (κ3) is 2.88. The second kappa shape index (κ2) is 5.46. The minimum absolute atomic E-state index is 0.0710. The molecule has 1 amide bonds. The van der Waals surface area contributed by atoms with Gasteiger partial charge in [-0.2, -0.15) is 0 Å². The number of carbonyl (C=O) groups excluding carboxylic acids is 1. The minimum Gasteiger partial charge on any atom is -0.350 e. The molecule has 1 saturated carbocycles. The summed E-state index contributed by atoms with van der Waals surface area (Å²) in [7, 11) is 0. The van der Waals surface area contributed by atoms with E-state index in [4.69, 9.17) is 5.73 Å². The third-order valence-electron chi connectivity index (χ3n) is 3.66. The lowest BCUT2D eigenvalue weighted by atomic mass is 10.1. The van der Waals surface area contributed by atoms with Gasteiger partial charge in [0.15, 0.2) is 0 Å². The maximum absolute atomic E-state index is 12.0. The van der Waals surface area contributed by atoms with E-state index in [0.29, 0.717) is 18.0 Å². The third-order valence-corrected chi connectivity index (χ3v) is 3.66. The quantitative estimate of drug-likeness (QED) is 0.861. The van der Waals surface area contributed by atoms with Crippen LogP contribution in [0, 0.1) is 5.92 Å². The zero-order valence-electron chi connectivity index (χ0n) is 11.2. The Balaban J connectivity index is 1.60. The molecule has 0 saturated heterocycles. The molecule has 1 aliphatic rings. The smallest absolute Gasteiger partial charge is 0.251 e. The van der Waals surface area contributed by atoms with Crippen LogP contribution < -0.4 is 11.1 Å². The van der Waals surface area contributed by atoms with Crippen molar-refractivity contribution in [2.24, 2.45) is 11.7 Å². The van der Waals surface area contributed by atoms with Crippen molar-refractivity contribution in [1.29, 1.82) is 0 Å². The number of rotatable bonds is 5. The lowest BCUT2D eigenvalue weighted by molar-refractivity contribution is 0.0950. The molecule has 3 rings (SSSR count). The Labute approximate surface area is 117 Å². The van der Waals surface area contributed by atoms with Crippen molar-refractivity contribution in [1.82, 2.24) is 14.9 Å². The van der Waals surface area contributed by atoms with Crippen LogP contribution in [0.15, 0.2) is 43.0 Å². The zero-order chi connectivity index (χ0) is 13.9. The Morgan fingerprint density at radius 3 is 2.75 bits per heavy atom. The maximum atomic E-state index is 12.0. The Morgan fingerprint density at radius 2 is 2.15 bits per heavy atom. The average molecular weight is 270 g/mol. The normalized spacial score (nSPS) is 15.8. The summed E-state index contributed by atoms with van der Waals surface area (Å²) >= 11 is 0. The summed E-state index contributed by atoms with van der Waals surface area (Å²) < 4.78 is 1.89. The van der Waals surface area contributed by atoms with Crippen molar-refractivity contribution in [3.63, 3.8) is 0 Å². The molecule has 2 aromatic rings. The lowest BCUT2D eigenvalue weighted by Crippen LogP contribution is -2.38. The Bertz CT molecular complexity index is 572. The van der Waals surface area contributed by atoms with Gasteiger partial charge in [0.1, 0.15) is 0 Å². The highest BCUT2D eigenvalue weighted by Crippen LogP contribution is 2.31. The van der Waals surface area contributed by atoms with Crippen LogP contribution in [0.1, 0.15) is 23.2 Å². The molecular formula is C15H18N4O. The fourth-order valence-corrected chi connectivity index (χ4v) is 2.20. The minimum atomic E-state index is -0.0710. The predicted molar refractivity (Wildman–Crippen MR) is 76.6 cm³/mol. The van der Waals surface area contributed by atoms with Crippen molar-refractivity contribution in [2.45, 2.75) is 18.9 Å². The summed E-state index contributed by atoms with van der Waals surface area (Å²) in [5.74, 6) is 0.525. The molecule has 1 aromatic heterocycles. The monoisotopic (exact) mass is 270 g/mol. The van der Waals surface area contributed by atoms with Gasteiger partial charge in [0.2, 0.25) is 0 Å². The highest BCUT2D eigenvalue weighted by atomic mass is 16.1. The number of carbonyl (C=O) groups is 1. The van der Waals surface area contributed by atoms with Crippen LogP contribution in [0.25, 0.3) is 5.69 Å². The number of nitrogens with zero attached hydrogens (tertiary/aromatic N) is 2. The van der Waals surface area contributed by atoms with Gasteiger partial charge in [-0.3, -0.25) is 4.79 Å². The standard InChI is InChI=1S/C15H18N4O/c16-14(11-1-2-11)9-18-15(20)12-3-5-13(6-4-12)19-8-7-17-10-19/h3-8,10-11,14H,1-2,9,16H2,(H,18,20). The second-order valence-electron chi connectivity index (χ2n) is 5.23. The van der Waals surface area contributed by atoms with Gasteiger partial charge in [-0.15, -0.1) is 0 Å². The first kappa shape index (κ1) is 12.9. The second-order valence-corrected chi connectivity index (χ2v) is 5.23. The van der Waals surface area contributed by atoms with Crippen LogP contribution >= 0.6 is 0 Å². The van der Waals surface area contributed by atoms with Gasteiger partial charge < -0.3 is 15.6 Å². The van der Waals surface area contributed by atoms with Crippen molar-refractivity contribution in [3.05, 3.63) is 48.5 Å². The molecule has 20 heavy (non-hydrogen) atoms. The van der Waals surface area contributed by atoms with Gasteiger partial charge in [0.05, 0.1) is 6.33 Å². The predicted octanol–water partition coefficient (Wildman–Crippen LogP) is 1.34. The molecule has 3 N–H and O–H groups in total. The molecule has 1 atom stereocenters. The van der Waals surface area contributed by atoms with Crippen LogP contribution in [-0.4, -0.2) is 28.0 Å². The summed E-state index contributed by atoms with van der Waals surface area (Å²) in [4.78, 5) is 16.0. The molecular weight excluding hydrogens is 252 g/mol. The summed E-state index contributed by atoms with van der Waals surface area (Å²) in [5.41, 5.74) is 7.60. The first-order valence-corrected chi connectivity index (χ1v) is 6.86. The summed E-state index contributed by atoms with van der Waals surface area (Å²) in [6.07, 6.45) is 7.70. The number of imidazole rings is 1. The summed E-state index contributed by atoms with van der Waals surface area (Å²) in [6.45, 7) is 0.548. The van der Waals surface area contributed by atoms with Gasteiger partial charge in [0, 0.05) is 36.2 Å². The number of hydrogen-bond acceptors (Lipinski definition) is 3. The molecule has 1 aliphatic carbocycles. The van der Waals surface area contributed by atoms with E-state index < -0.39 is 0 Å². The molecule has 5 nitrogen and oxygen atoms in total.